The Morgan fingerprint density at radius 1 is 1.06 bits per heavy atom. The summed E-state index contributed by atoms with van der Waals surface area (Å²) in [6, 6.07) is 14.2. The van der Waals surface area contributed by atoms with E-state index in [-0.39, 0.29) is 16.4 Å². The maximum absolute atomic E-state index is 15.6. The highest BCUT2D eigenvalue weighted by Gasteiger charge is 2.39. The molecule has 0 spiro atoms. The van der Waals surface area contributed by atoms with Crippen molar-refractivity contribution in [3.05, 3.63) is 83.8 Å². The van der Waals surface area contributed by atoms with Crippen molar-refractivity contribution in [1.82, 2.24) is 9.88 Å². The molecule has 1 aromatic heterocycles. The van der Waals surface area contributed by atoms with Crippen LogP contribution in [0.2, 0.25) is 0 Å². The van der Waals surface area contributed by atoms with E-state index in [9.17, 15) is 31.2 Å². The SMILES string of the molecule is CCOc1ccc(F)c(C(Nc2ccc3c(N)nccc3c2)C(=O)N2CCCC2c2cc(NC(C)=O)ccc2S(=O)(=O)C(C)C)c1.O=C(O)C(F)(F)F. The van der Waals surface area contributed by atoms with Crippen LogP contribution in [0.1, 0.15) is 63.7 Å². The molecule has 0 bridgehead atoms. The number of anilines is 3. The number of nitrogens with two attached hydrogens (primary N) is 1. The highest BCUT2D eigenvalue weighted by molar-refractivity contribution is 7.92. The lowest BCUT2D eigenvalue weighted by Crippen LogP contribution is -2.38. The summed E-state index contributed by atoms with van der Waals surface area (Å²) in [5.41, 5.74) is 7.49. The number of halogens is 4. The van der Waals surface area contributed by atoms with E-state index in [1.54, 1.807) is 55.3 Å². The van der Waals surface area contributed by atoms with E-state index in [2.05, 4.69) is 15.6 Å². The van der Waals surface area contributed by atoms with Crippen molar-refractivity contribution >= 4 is 55.6 Å². The third kappa shape index (κ3) is 9.51. The molecule has 2 atom stereocenters. The number of carbonyl (C=O) groups excluding carboxylic acids is 2. The van der Waals surface area contributed by atoms with Crippen LogP contribution in [0.25, 0.3) is 10.8 Å². The molecule has 0 saturated carbocycles. The molecular weight excluding hydrogens is 722 g/mol. The van der Waals surface area contributed by atoms with E-state index >= 15 is 4.39 Å². The van der Waals surface area contributed by atoms with Gasteiger partial charge in [0, 0.05) is 42.0 Å². The Morgan fingerprint density at radius 2 is 1.74 bits per heavy atom. The molecule has 12 nitrogen and oxygen atoms in total. The number of nitrogen functional groups attached to an aromatic ring is 1. The molecule has 4 aromatic rings. The molecule has 2 amide bonds. The fourth-order valence-corrected chi connectivity index (χ4v) is 7.14. The number of sulfone groups is 1. The summed E-state index contributed by atoms with van der Waals surface area (Å²) in [5, 5.41) is 13.9. The van der Waals surface area contributed by atoms with Crippen LogP contribution >= 0.6 is 0 Å². The second-order valence-electron chi connectivity index (χ2n) is 12.3. The van der Waals surface area contributed by atoms with Gasteiger partial charge in [0.15, 0.2) is 9.84 Å². The van der Waals surface area contributed by atoms with Gasteiger partial charge < -0.3 is 31.1 Å². The zero-order chi connectivity index (χ0) is 39.2. The number of hydrogen-bond acceptors (Lipinski definition) is 9. The number of benzene rings is 3. The normalized spacial score (nSPS) is 15.0. The zero-order valence-electron chi connectivity index (χ0n) is 29.2. The zero-order valence-corrected chi connectivity index (χ0v) is 30.0. The van der Waals surface area contributed by atoms with Crippen LogP contribution in [0.3, 0.4) is 0 Å². The van der Waals surface area contributed by atoms with E-state index < -0.39 is 51.0 Å². The lowest BCUT2D eigenvalue weighted by atomic mass is 10.00. The van der Waals surface area contributed by atoms with Crippen LogP contribution in [0.4, 0.5) is 34.8 Å². The molecule has 3 aromatic carbocycles. The molecule has 2 unspecified atom stereocenters. The highest BCUT2D eigenvalue weighted by atomic mass is 32.2. The number of rotatable bonds is 10. The van der Waals surface area contributed by atoms with E-state index in [1.165, 1.54) is 31.2 Å². The van der Waals surface area contributed by atoms with Gasteiger partial charge >= 0.3 is 12.1 Å². The van der Waals surface area contributed by atoms with Gasteiger partial charge in [-0.3, -0.25) is 9.59 Å². The van der Waals surface area contributed by atoms with Crippen molar-refractivity contribution < 1.29 is 50.2 Å². The van der Waals surface area contributed by atoms with Crippen LogP contribution in [0.15, 0.2) is 71.8 Å². The minimum Gasteiger partial charge on any atom is -0.494 e. The highest BCUT2D eigenvalue weighted by Crippen LogP contribution is 2.40. The maximum Gasteiger partial charge on any atom is 0.490 e. The molecule has 1 fully saturated rings. The van der Waals surface area contributed by atoms with Crippen LogP contribution in [0.5, 0.6) is 5.75 Å². The van der Waals surface area contributed by atoms with Crippen molar-refractivity contribution in [3.8, 4) is 5.75 Å². The van der Waals surface area contributed by atoms with E-state index in [1.807, 2.05) is 13.0 Å². The number of likely N-dealkylation sites (tertiary alicyclic amines) is 1. The second kappa shape index (κ2) is 16.5. The van der Waals surface area contributed by atoms with Crippen LogP contribution < -0.4 is 21.1 Å². The predicted octanol–water partition coefficient (Wildman–Crippen LogP) is 6.65. The van der Waals surface area contributed by atoms with Crippen molar-refractivity contribution in [2.75, 3.05) is 29.5 Å². The van der Waals surface area contributed by atoms with Gasteiger partial charge in [-0.15, -0.1) is 0 Å². The summed E-state index contributed by atoms with van der Waals surface area (Å²) in [5.74, 6) is -3.35. The van der Waals surface area contributed by atoms with Crippen LogP contribution in [-0.4, -0.2) is 65.8 Å². The average Bonchev–Trinajstić information content (AvgIpc) is 3.58. The van der Waals surface area contributed by atoms with Crippen molar-refractivity contribution in [3.63, 3.8) is 0 Å². The number of carbonyl (C=O) groups is 3. The molecule has 1 aliphatic rings. The molecule has 0 radical (unpaired) electrons. The Hall–Kier alpha value is -5.45. The number of aliphatic carboxylic acids is 1. The van der Waals surface area contributed by atoms with Gasteiger partial charge in [0.25, 0.3) is 0 Å². The number of amides is 2. The molecule has 0 aliphatic carbocycles. The first-order valence-corrected chi connectivity index (χ1v) is 18.0. The third-order valence-corrected chi connectivity index (χ3v) is 10.6. The van der Waals surface area contributed by atoms with Gasteiger partial charge in [0.1, 0.15) is 23.4 Å². The molecule has 1 saturated heterocycles. The minimum absolute atomic E-state index is 0.0814. The molecule has 284 valence electrons. The van der Waals surface area contributed by atoms with E-state index in [0.717, 1.165) is 10.8 Å². The number of hydrogen-bond donors (Lipinski definition) is 4. The first-order chi connectivity index (χ1) is 24.8. The minimum atomic E-state index is -5.08. The maximum atomic E-state index is 15.6. The summed E-state index contributed by atoms with van der Waals surface area (Å²) in [4.78, 5) is 41.2. The van der Waals surface area contributed by atoms with E-state index in [0.29, 0.717) is 54.5 Å². The summed E-state index contributed by atoms with van der Waals surface area (Å²) < 4.78 is 80.0. The molecule has 2 heterocycles. The Balaban J connectivity index is 0.000000815. The van der Waals surface area contributed by atoms with Crippen molar-refractivity contribution in [2.45, 2.75) is 68.9 Å². The number of alkyl halides is 3. The number of nitrogens with one attached hydrogen (secondary N) is 2. The fourth-order valence-electron chi connectivity index (χ4n) is 5.85. The predicted molar refractivity (Wildman–Crippen MR) is 191 cm³/mol. The Labute approximate surface area is 303 Å². The van der Waals surface area contributed by atoms with Gasteiger partial charge in [0.2, 0.25) is 11.8 Å². The number of fused-ring (bicyclic) bond motifs is 1. The van der Waals surface area contributed by atoms with Gasteiger partial charge in [0.05, 0.1) is 22.8 Å². The monoisotopic (exact) mass is 761 g/mol. The van der Waals surface area contributed by atoms with Gasteiger partial charge in [-0.1, -0.05) is 0 Å². The second-order valence-corrected chi connectivity index (χ2v) is 14.8. The third-order valence-electron chi connectivity index (χ3n) is 8.34. The number of pyridine rings is 1. The lowest BCUT2D eigenvalue weighted by Gasteiger charge is -2.32. The molecule has 1 aliphatic heterocycles. The smallest absolute Gasteiger partial charge is 0.490 e. The molecule has 17 heteroatoms. The number of nitrogens with zero attached hydrogens (tertiary/aromatic N) is 2. The molecule has 5 N–H and O–H groups in total. The molecule has 53 heavy (non-hydrogen) atoms. The summed E-state index contributed by atoms with van der Waals surface area (Å²) in [7, 11) is -3.76. The lowest BCUT2D eigenvalue weighted by molar-refractivity contribution is -0.192. The standard InChI is InChI=1S/C34H38FN5O5S.C2HF3O2/c1-5-45-25-10-12-29(35)27(19-25)32(39-23-8-11-26-22(17-23)14-15-37-33(26)36)34(42)40-16-6-7-30(40)28-18-24(38-21(4)41)9-13-31(28)46(43,44)20(2)3;3-2(4,5)1(6)7/h8-15,17-20,30,32,39H,5-7,16H2,1-4H3,(H2,36,37)(H,38,41);(H,6,7). The van der Waals surface area contributed by atoms with Crippen LogP contribution in [0, 0.1) is 5.82 Å². The quantitative estimate of drug-likeness (QED) is 0.128. The number of ether oxygens (including phenoxy) is 1. The summed E-state index contributed by atoms with van der Waals surface area (Å²) in [6.45, 7) is 7.04. The average molecular weight is 762 g/mol. The summed E-state index contributed by atoms with van der Waals surface area (Å²) in [6.07, 6.45) is -2.42. The van der Waals surface area contributed by atoms with Crippen LogP contribution in [-0.2, 0) is 24.2 Å². The summed E-state index contributed by atoms with van der Waals surface area (Å²) >= 11 is 0. The fraction of sp³-hybridized carbons (Fsp3) is 0.333. The Morgan fingerprint density at radius 3 is 2.36 bits per heavy atom. The Kier molecular flexibility index (Phi) is 12.5. The first-order valence-electron chi connectivity index (χ1n) is 16.4. The molecular formula is C36H39F4N5O7S. The van der Waals surface area contributed by atoms with Crippen molar-refractivity contribution in [2.24, 2.45) is 0 Å². The number of aromatic nitrogens is 1. The first kappa shape index (κ1) is 40.3. The van der Waals surface area contributed by atoms with Gasteiger partial charge in [-0.2, -0.15) is 13.2 Å². The van der Waals surface area contributed by atoms with Gasteiger partial charge in [-0.25, -0.2) is 22.6 Å². The van der Waals surface area contributed by atoms with Gasteiger partial charge in [-0.05, 0) is 105 Å². The number of carboxylic acids is 1. The largest absolute Gasteiger partial charge is 0.494 e. The molecule has 5 rings (SSSR count). The Bertz CT molecular complexity index is 2110. The topological polar surface area (TPSA) is 181 Å². The number of carboxylic acid groups (broad SMARTS) is 1. The van der Waals surface area contributed by atoms with Crippen molar-refractivity contribution in [1.29, 1.82) is 0 Å². The van der Waals surface area contributed by atoms with E-state index in [4.69, 9.17) is 20.4 Å².